The number of rotatable bonds is 16. The molecule has 13 nitrogen and oxygen atoms in total. The average Bonchev–Trinajstić information content (AvgIpc) is 3.57. The average molecular weight is 705 g/mol. The number of nitrogens with one attached hydrogen (secondary N) is 1. The Morgan fingerprint density at radius 1 is 1.15 bits per heavy atom. The molecule has 0 saturated heterocycles. The van der Waals surface area contributed by atoms with E-state index >= 15 is 0 Å². The fraction of sp³-hybridized carbons (Fsp3) is 0.455. The Morgan fingerprint density at radius 3 is 2.42 bits per heavy atom. The van der Waals surface area contributed by atoms with Crippen LogP contribution in [0.2, 0.25) is 0 Å². The number of nitrogens with two attached hydrogens (primary N) is 1. The number of hydrogen-bond donors (Lipinski definition) is 4. The minimum atomic E-state index is -4.95. The maximum absolute atomic E-state index is 13.3. The van der Waals surface area contributed by atoms with Crippen LogP contribution < -0.4 is 15.8 Å². The molecule has 0 bridgehead atoms. The van der Waals surface area contributed by atoms with E-state index in [9.17, 15) is 34.1 Å². The number of halogens is 1. The van der Waals surface area contributed by atoms with Crippen LogP contribution in [0, 0.1) is 16.0 Å². The molecule has 0 radical (unpaired) electrons. The fourth-order valence-corrected chi connectivity index (χ4v) is 7.41. The first-order chi connectivity index (χ1) is 22.7. The van der Waals surface area contributed by atoms with E-state index in [4.69, 9.17) is 26.5 Å². The van der Waals surface area contributed by atoms with Crippen molar-refractivity contribution in [3.8, 4) is 5.75 Å². The highest BCUT2D eigenvalue weighted by atomic mass is 35.5. The Morgan fingerprint density at radius 2 is 1.83 bits per heavy atom. The van der Waals surface area contributed by atoms with E-state index in [0.717, 1.165) is 23.6 Å². The summed E-state index contributed by atoms with van der Waals surface area (Å²) in [5, 5.41) is 14.3. The number of unbranched alkanes of at least 4 members (excludes halogenated alkanes) is 1. The number of furan rings is 1. The molecule has 1 saturated carbocycles. The van der Waals surface area contributed by atoms with Crippen LogP contribution in [0.5, 0.6) is 5.75 Å². The second-order valence-corrected chi connectivity index (χ2v) is 14.1. The number of nitro groups is 1. The van der Waals surface area contributed by atoms with Crippen molar-refractivity contribution in [2.45, 2.75) is 70.4 Å². The summed E-state index contributed by atoms with van der Waals surface area (Å²) in [5.74, 6) is -0.611. The molecule has 0 aliphatic heterocycles. The number of hydrogen-bond acceptors (Lipinski definition) is 7. The molecule has 48 heavy (non-hydrogen) atoms. The molecule has 2 amide bonds. The van der Waals surface area contributed by atoms with Gasteiger partial charge in [-0.05, 0) is 86.9 Å². The third-order valence-electron chi connectivity index (χ3n) is 8.86. The second kappa shape index (κ2) is 16.1. The van der Waals surface area contributed by atoms with Gasteiger partial charge in [0.2, 0.25) is 0 Å². The van der Waals surface area contributed by atoms with Crippen LogP contribution in [-0.2, 0) is 10.1 Å². The van der Waals surface area contributed by atoms with Gasteiger partial charge in [0.05, 0.1) is 24.3 Å². The monoisotopic (exact) mass is 704 g/mol. The van der Waals surface area contributed by atoms with Crippen LogP contribution in [0.1, 0.15) is 102 Å². The van der Waals surface area contributed by atoms with Crippen LogP contribution in [-0.4, -0.2) is 50.2 Å². The quantitative estimate of drug-likeness (QED) is 0.0424. The summed E-state index contributed by atoms with van der Waals surface area (Å²) in [4.78, 5) is 57.0. The molecule has 1 aliphatic rings. The highest BCUT2D eigenvalue weighted by molar-refractivity contribution is 7.49. The summed E-state index contributed by atoms with van der Waals surface area (Å²) in [5.41, 5.74) is 5.44. The van der Waals surface area contributed by atoms with Gasteiger partial charge >= 0.3 is 13.6 Å². The van der Waals surface area contributed by atoms with Gasteiger partial charge in [0.25, 0.3) is 11.8 Å². The van der Waals surface area contributed by atoms with Gasteiger partial charge in [-0.25, -0.2) is 4.57 Å². The summed E-state index contributed by atoms with van der Waals surface area (Å²) in [6.07, 6.45) is 6.56. The zero-order chi connectivity index (χ0) is 35.1. The number of alkyl halides is 1. The van der Waals surface area contributed by atoms with Gasteiger partial charge in [0.15, 0.2) is 0 Å². The normalized spacial score (nSPS) is 15.9. The van der Waals surface area contributed by atoms with Gasteiger partial charge < -0.3 is 30.0 Å². The van der Waals surface area contributed by atoms with Crippen molar-refractivity contribution in [2.75, 3.05) is 19.0 Å². The minimum absolute atomic E-state index is 0.0642. The minimum Gasteiger partial charge on any atom is -0.492 e. The predicted molar refractivity (Wildman–Crippen MR) is 180 cm³/mol. The molecular formula is C33H42ClN4O9P. The molecule has 260 valence electrons. The van der Waals surface area contributed by atoms with Gasteiger partial charge in [-0.3, -0.25) is 19.7 Å². The first-order valence-electron chi connectivity index (χ1n) is 15.9. The van der Waals surface area contributed by atoms with Gasteiger partial charge in [-0.15, -0.1) is 11.6 Å². The summed E-state index contributed by atoms with van der Waals surface area (Å²) in [6.45, 7) is 3.66. The Bertz CT molecular complexity index is 1640. The SMILES string of the molecule is CC(NC(=O)c1ccc(C(C)(c2ccc([N+](=O)[O-])o2)N(CCCCCl)P(=O)(O)O)cc1)c1ccc(OCC2CCCCC2)c(C(N)=O)c1. The van der Waals surface area contributed by atoms with Crippen LogP contribution in [0.25, 0.3) is 0 Å². The van der Waals surface area contributed by atoms with E-state index < -0.39 is 41.9 Å². The summed E-state index contributed by atoms with van der Waals surface area (Å²) < 4.78 is 25.2. The third-order valence-corrected chi connectivity index (χ3v) is 10.4. The molecule has 1 aliphatic carbocycles. The molecule has 2 unspecified atom stereocenters. The molecule has 0 spiro atoms. The van der Waals surface area contributed by atoms with E-state index in [0.29, 0.717) is 42.2 Å². The highest BCUT2D eigenvalue weighted by Gasteiger charge is 2.47. The summed E-state index contributed by atoms with van der Waals surface area (Å²) in [6, 6.07) is 13.0. The van der Waals surface area contributed by atoms with Crippen LogP contribution in [0.15, 0.2) is 59.0 Å². The van der Waals surface area contributed by atoms with Crippen molar-refractivity contribution in [3.05, 3.63) is 92.7 Å². The van der Waals surface area contributed by atoms with E-state index in [1.807, 2.05) is 0 Å². The molecule has 1 fully saturated rings. The van der Waals surface area contributed by atoms with E-state index in [-0.39, 0.29) is 29.3 Å². The maximum atomic E-state index is 13.3. The zero-order valence-corrected chi connectivity index (χ0v) is 28.6. The summed E-state index contributed by atoms with van der Waals surface area (Å²) >= 11 is 5.81. The van der Waals surface area contributed by atoms with Crippen molar-refractivity contribution in [1.82, 2.24) is 9.99 Å². The van der Waals surface area contributed by atoms with Gasteiger partial charge in [-0.2, -0.15) is 4.67 Å². The highest BCUT2D eigenvalue weighted by Crippen LogP contribution is 2.52. The predicted octanol–water partition coefficient (Wildman–Crippen LogP) is 6.41. The molecule has 1 heterocycles. The van der Waals surface area contributed by atoms with Gasteiger partial charge in [0.1, 0.15) is 22.0 Å². The largest absolute Gasteiger partial charge is 0.492 e. The Balaban J connectivity index is 1.56. The Hall–Kier alpha value is -3.74. The summed E-state index contributed by atoms with van der Waals surface area (Å²) in [7, 11) is -4.95. The number of amides is 2. The van der Waals surface area contributed by atoms with Crippen molar-refractivity contribution in [1.29, 1.82) is 0 Å². The van der Waals surface area contributed by atoms with Crippen molar-refractivity contribution in [3.63, 3.8) is 0 Å². The third kappa shape index (κ3) is 8.83. The molecular weight excluding hydrogens is 663 g/mol. The lowest BCUT2D eigenvalue weighted by molar-refractivity contribution is -0.402. The Kier molecular flexibility index (Phi) is 12.4. The number of carbonyl (C=O) groups is 2. The van der Waals surface area contributed by atoms with Gasteiger partial charge in [-0.1, -0.05) is 37.5 Å². The van der Waals surface area contributed by atoms with Gasteiger partial charge in [0, 0.05) is 18.0 Å². The number of ether oxygens (including phenoxy) is 1. The van der Waals surface area contributed by atoms with Crippen LogP contribution in [0.3, 0.4) is 0 Å². The first kappa shape index (κ1) is 37.1. The lowest BCUT2D eigenvalue weighted by Gasteiger charge is -2.40. The fourth-order valence-electron chi connectivity index (χ4n) is 6.08. The molecule has 15 heteroatoms. The molecule has 4 rings (SSSR count). The Labute approximate surface area is 284 Å². The molecule has 2 atom stereocenters. The maximum Gasteiger partial charge on any atom is 0.433 e. The zero-order valence-electron chi connectivity index (χ0n) is 27.0. The van der Waals surface area contributed by atoms with E-state index in [1.54, 1.807) is 25.1 Å². The van der Waals surface area contributed by atoms with E-state index in [2.05, 4.69) is 5.32 Å². The van der Waals surface area contributed by atoms with Crippen molar-refractivity contribution >= 4 is 37.0 Å². The number of carbonyl (C=O) groups excluding carboxylic acids is 2. The standard InChI is InChI=1S/C33H42ClN4O9P/c1-22(25-12-15-28(27(20-25)31(35)39)46-21-23-8-4-3-5-9-23)36-32(40)24-10-13-26(14-11-24)33(2,29-16-17-30(47-29)38(41)42)37(48(43,44)45)19-7-6-18-34/h10-17,20,22-23H,3-9,18-19,21H2,1-2H3,(H2,35,39)(H,36,40)(H2,43,44,45). The van der Waals surface area contributed by atoms with Crippen LogP contribution in [0.4, 0.5) is 5.88 Å². The lowest BCUT2D eigenvalue weighted by Crippen LogP contribution is -2.43. The van der Waals surface area contributed by atoms with Crippen molar-refractivity contribution < 1.29 is 38.0 Å². The first-order valence-corrected chi connectivity index (χ1v) is 18.0. The number of nitrogens with zero attached hydrogens (tertiary/aromatic N) is 2. The van der Waals surface area contributed by atoms with E-state index in [1.165, 1.54) is 56.5 Å². The second-order valence-electron chi connectivity index (χ2n) is 12.2. The number of primary amides is 1. The molecule has 1 aromatic heterocycles. The van der Waals surface area contributed by atoms with Crippen molar-refractivity contribution in [2.24, 2.45) is 11.7 Å². The molecule has 3 aromatic rings. The smallest absolute Gasteiger partial charge is 0.433 e. The molecule has 5 N–H and O–H groups in total. The topological polar surface area (TPSA) is 198 Å². The molecule has 2 aromatic carbocycles. The number of benzene rings is 2. The lowest BCUT2D eigenvalue weighted by atomic mass is 9.88. The van der Waals surface area contributed by atoms with Crippen LogP contribution >= 0.6 is 19.3 Å².